The number of fused-ring (bicyclic) bond motifs is 1. The zero-order valence-electron chi connectivity index (χ0n) is 14.4. The van der Waals surface area contributed by atoms with Crippen LogP contribution >= 0.6 is 11.3 Å². The van der Waals surface area contributed by atoms with E-state index in [9.17, 15) is 0 Å². The zero-order valence-corrected chi connectivity index (χ0v) is 15.3. The largest absolute Gasteiger partial charge is 0.339 e. The van der Waals surface area contributed by atoms with Gasteiger partial charge in [-0.05, 0) is 37.1 Å². The first-order valence-electron chi connectivity index (χ1n) is 8.24. The molecular weight excluding hydrogens is 330 g/mol. The number of aryl methyl sites for hydroxylation is 3. The van der Waals surface area contributed by atoms with E-state index in [1.54, 1.807) is 23.9 Å². The lowest BCUT2D eigenvalue weighted by Crippen LogP contribution is -1.99. The van der Waals surface area contributed by atoms with Crippen LogP contribution in [-0.2, 0) is 13.5 Å². The van der Waals surface area contributed by atoms with Crippen molar-refractivity contribution in [1.29, 1.82) is 0 Å². The Bertz CT molecular complexity index is 1050. The molecule has 0 aliphatic rings. The van der Waals surface area contributed by atoms with Crippen molar-refractivity contribution in [2.75, 3.05) is 5.32 Å². The van der Waals surface area contributed by atoms with E-state index in [1.807, 2.05) is 23.9 Å². The molecule has 4 heterocycles. The number of hydrogen-bond acceptors (Lipinski definition) is 5. The molecule has 0 amide bonds. The van der Waals surface area contributed by atoms with Crippen LogP contribution in [0, 0.1) is 6.92 Å². The highest BCUT2D eigenvalue weighted by molar-refractivity contribution is 7.15. The summed E-state index contributed by atoms with van der Waals surface area (Å²) in [7, 11) is 1.98. The fourth-order valence-electron chi connectivity index (χ4n) is 2.85. The molecule has 0 unspecified atom stereocenters. The van der Waals surface area contributed by atoms with Gasteiger partial charge in [0.1, 0.15) is 11.3 Å². The van der Waals surface area contributed by atoms with E-state index in [-0.39, 0.29) is 0 Å². The molecule has 0 saturated carbocycles. The van der Waals surface area contributed by atoms with Crippen LogP contribution in [0.5, 0.6) is 0 Å². The molecule has 4 aromatic heterocycles. The van der Waals surface area contributed by atoms with Crippen molar-refractivity contribution in [1.82, 2.24) is 19.5 Å². The number of nitrogens with zero attached hydrogens (tertiary/aromatic N) is 4. The Hall–Kier alpha value is -2.73. The molecule has 0 aromatic carbocycles. The summed E-state index contributed by atoms with van der Waals surface area (Å²) < 4.78 is 1.99. The van der Waals surface area contributed by atoms with Crippen LogP contribution in [0.3, 0.4) is 0 Å². The summed E-state index contributed by atoms with van der Waals surface area (Å²) in [6.45, 7) is 4.27. The summed E-state index contributed by atoms with van der Waals surface area (Å²) in [5.41, 5.74) is 5.19. The maximum Gasteiger partial charge on any atom is 0.132 e. The molecular formula is C19H19N5S. The first-order chi connectivity index (χ1) is 12.1. The molecule has 4 rings (SSSR count). The van der Waals surface area contributed by atoms with Crippen molar-refractivity contribution in [2.45, 2.75) is 20.3 Å². The smallest absolute Gasteiger partial charge is 0.132 e. The number of rotatable bonds is 4. The quantitative estimate of drug-likeness (QED) is 0.580. The second kappa shape index (κ2) is 6.29. The lowest BCUT2D eigenvalue weighted by molar-refractivity contribution is 0.947. The molecule has 5 nitrogen and oxygen atoms in total. The molecule has 0 radical (unpaired) electrons. The molecule has 4 aromatic rings. The van der Waals surface area contributed by atoms with Gasteiger partial charge in [-0.1, -0.05) is 6.92 Å². The van der Waals surface area contributed by atoms with E-state index in [4.69, 9.17) is 0 Å². The van der Waals surface area contributed by atoms with Crippen LogP contribution in [-0.4, -0.2) is 19.5 Å². The topological polar surface area (TPSA) is 55.6 Å². The number of hydrogen-bond donors (Lipinski definition) is 1. The third-order valence-corrected chi connectivity index (χ3v) is 5.26. The van der Waals surface area contributed by atoms with Gasteiger partial charge in [0.15, 0.2) is 0 Å². The first-order valence-corrected chi connectivity index (χ1v) is 9.05. The standard InChI is InChI=1S/C19H19N5S/c1-4-13-7-14(18-6-5-12(2)25-18)20-9-15(13)23-19-8-17-16(10-21-19)22-11-24(17)3/h5-11H,4H2,1-3H3,(H,21,23). The third kappa shape index (κ3) is 3.00. The maximum absolute atomic E-state index is 4.64. The van der Waals surface area contributed by atoms with E-state index < -0.39 is 0 Å². The van der Waals surface area contributed by atoms with Gasteiger partial charge in [-0.15, -0.1) is 11.3 Å². The fourth-order valence-corrected chi connectivity index (χ4v) is 3.68. The molecule has 1 N–H and O–H groups in total. The van der Waals surface area contributed by atoms with Gasteiger partial charge in [0.05, 0.1) is 40.5 Å². The number of anilines is 2. The monoisotopic (exact) mass is 349 g/mol. The lowest BCUT2D eigenvalue weighted by Gasteiger charge is -2.11. The molecule has 0 saturated heterocycles. The maximum atomic E-state index is 4.64. The van der Waals surface area contributed by atoms with Crippen molar-refractivity contribution in [3.8, 4) is 10.6 Å². The first kappa shape index (κ1) is 15.8. The fraction of sp³-hybridized carbons (Fsp3) is 0.211. The lowest BCUT2D eigenvalue weighted by atomic mass is 10.1. The van der Waals surface area contributed by atoms with Crippen LogP contribution in [0.15, 0.2) is 43.0 Å². The summed E-state index contributed by atoms with van der Waals surface area (Å²) in [5.74, 6) is 0.798. The minimum atomic E-state index is 0.798. The Morgan fingerprint density at radius 2 is 2.00 bits per heavy atom. The number of aromatic nitrogens is 4. The predicted octanol–water partition coefficient (Wildman–Crippen LogP) is 4.71. The van der Waals surface area contributed by atoms with Gasteiger partial charge in [-0.2, -0.15) is 0 Å². The Morgan fingerprint density at radius 3 is 2.76 bits per heavy atom. The molecule has 25 heavy (non-hydrogen) atoms. The van der Waals surface area contributed by atoms with E-state index in [2.05, 4.69) is 52.3 Å². The van der Waals surface area contributed by atoms with Crippen molar-refractivity contribution in [3.05, 3.63) is 53.4 Å². The Kier molecular flexibility index (Phi) is 3.97. The summed E-state index contributed by atoms with van der Waals surface area (Å²) in [6.07, 6.45) is 6.42. The second-order valence-corrected chi connectivity index (χ2v) is 7.32. The zero-order chi connectivity index (χ0) is 17.4. The predicted molar refractivity (Wildman–Crippen MR) is 103 cm³/mol. The van der Waals surface area contributed by atoms with E-state index in [0.29, 0.717) is 0 Å². The van der Waals surface area contributed by atoms with Gasteiger partial charge in [0.2, 0.25) is 0 Å². The second-order valence-electron chi connectivity index (χ2n) is 6.03. The Labute approximate surface area is 150 Å². The van der Waals surface area contributed by atoms with Crippen LogP contribution in [0.2, 0.25) is 0 Å². The van der Waals surface area contributed by atoms with Gasteiger partial charge in [-0.25, -0.2) is 9.97 Å². The Balaban J connectivity index is 1.68. The molecule has 0 aliphatic carbocycles. The summed E-state index contributed by atoms with van der Waals surface area (Å²) in [6, 6.07) is 8.44. The highest BCUT2D eigenvalue weighted by atomic mass is 32.1. The Morgan fingerprint density at radius 1 is 1.12 bits per heavy atom. The summed E-state index contributed by atoms with van der Waals surface area (Å²) in [4.78, 5) is 15.9. The number of imidazole rings is 1. The van der Waals surface area contributed by atoms with Crippen LogP contribution in [0.1, 0.15) is 17.4 Å². The molecule has 0 atom stereocenters. The van der Waals surface area contributed by atoms with Crippen LogP contribution < -0.4 is 5.32 Å². The van der Waals surface area contributed by atoms with Crippen molar-refractivity contribution >= 4 is 33.9 Å². The van der Waals surface area contributed by atoms with Crippen molar-refractivity contribution < 1.29 is 0 Å². The average molecular weight is 349 g/mol. The van der Waals surface area contributed by atoms with Gasteiger partial charge in [-0.3, -0.25) is 4.98 Å². The SMILES string of the molecule is CCc1cc(-c2ccc(C)s2)ncc1Nc1cc2c(cn1)ncn2C. The molecule has 0 fully saturated rings. The van der Waals surface area contributed by atoms with E-state index in [0.717, 1.165) is 34.7 Å². The van der Waals surface area contributed by atoms with Crippen molar-refractivity contribution in [2.24, 2.45) is 7.05 Å². The molecule has 126 valence electrons. The molecule has 0 aliphatic heterocycles. The minimum absolute atomic E-state index is 0.798. The third-order valence-electron chi connectivity index (χ3n) is 4.24. The van der Waals surface area contributed by atoms with Gasteiger partial charge in [0, 0.05) is 18.0 Å². The van der Waals surface area contributed by atoms with Crippen LogP contribution in [0.25, 0.3) is 21.6 Å². The normalized spacial score (nSPS) is 11.2. The van der Waals surface area contributed by atoms with E-state index >= 15 is 0 Å². The molecule has 0 bridgehead atoms. The summed E-state index contributed by atoms with van der Waals surface area (Å²) >= 11 is 1.77. The van der Waals surface area contributed by atoms with Gasteiger partial charge in [0.25, 0.3) is 0 Å². The number of pyridine rings is 2. The van der Waals surface area contributed by atoms with Crippen LogP contribution in [0.4, 0.5) is 11.5 Å². The highest BCUT2D eigenvalue weighted by Crippen LogP contribution is 2.30. The highest BCUT2D eigenvalue weighted by Gasteiger charge is 2.09. The molecule has 0 spiro atoms. The van der Waals surface area contributed by atoms with Gasteiger partial charge < -0.3 is 9.88 Å². The molecule has 6 heteroatoms. The minimum Gasteiger partial charge on any atom is -0.339 e. The number of nitrogens with one attached hydrogen (secondary N) is 1. The van der Waals surface area contributed by atoms with Crippen molar-refractivity contribution in [3.63, 3.8) is 0 Å². The number of thiophene rings is 1. The summed E-state index contributed by atoms with van der Waals surface area (Å²) in [5, 5.41) is 3.41. The average Bonchev–Trinajstić information content (AvgIpc) is 3.22. The van der Waals surface area contributed by atoms with E-state index in [1.165, 1.54) is 15.3 Å². The van der Waals surface area contributed by atoms with Gasteiger partial charge >= 0.3 is 0 Å².